The molecule has 0 aromatic carbocycles. The first kappa shape index (κ1) is 17.7. The summed E-state index contributed by atoms with van der Waals surface area (Å²) in [7, 11) is 0. The molecule has 0 saturated carbocycles. The number of fused-ring (bicyclic) bond motifs is 2. The summed E-state index contributed by atoms with van der Waals surface area (Å²) in [6.45, 7) is 2.84. The number of nitrogens with one attached hydrogen (secondary N) is 1. The average Bonchev–Trinajstić information content (AvgIpc) is 3.16. The number of nitrogens with zero attached hydrogens (tertiary/aromatic N) is 3. The first-order valence-corrected chi connectivity index (χ1v) is 9.42. The number of carbonyl (C=O) groups is 2. The Labute approximate surface area is 158 Å². The lowest BCUT2D eigenvalue weighted by atomic mass is 10.1. The highest BCUT2D eigenvalue weighted by atomic mass is 32.1. The fraction of sp³-hybridized carbons (Fsp3) is 0.412. The highest BCUT2D eigenvalue weighted by molar-refractivity contribution is 7.09. The number of carbonyl (C=O) groups excluding carboxylic acids is 2. The van der Waals surface area contributed by atoms with Crippen molar-refractivity contribution in [3.8, 4) is 5.75 Å². The molecule has 1 saturated heterocycles. The third kappa shape index (κ3) is 3.00. The van der Waals surface area contributed by atoms with E-state index in [0.29, 0.717) is 18.0 Å². The Hall–Kier alpha value is -2.72. The van der Waals surface area contributed by atoms with Gasteiger partial charge in [0.25, 0.3) is 11.8 Å². The maximum absolute atomic E-state index is 12.8. The molecule has 0 unspecified atom stereocenters. The maximum atomic E-state index is 12.8. The zero-order valence-electron chi connectivity index (χ0n) is 14.5. The predicted octanol–water partition coefficient (Wildman–Crippen LogP) is 0.531. The monoisotopic (exact) mass is 390 g/mol. The van der Waals surface area contributed by atoms with Crippen molar-refractivity contribution in [2.24, 2.45) is 0 Å². The molecule has 2 aliphatic rings. The van der Waals surface area contributed by atoms with Crippen molar-refractivity contribution in [1.82, 2.24) is 19.8 Å². The van der Waals surface area contributed by atoms with Crippen LogP contribution in [0, 0.1) is 0 Å². The number of thiazole rings is 1. The van der Waals surface area contributed by atoms with Crippen LogP contribution in [0.5, 0.6) is 5.75 Å². The summed E-state index contributed by atoms with van der Waals surface area (Å²) in [5.41, 5.74) is -1.20. The van der Waals surface area contributed by atoms with Gasteiger partial charge in [0.2, 0.25) is 5.43 Å². The van der Waals surface area contributed by atoms with Crippen LogP contribution < -0.4 is 10.7 Å². The molecule has 2 amide bonds. The maximum Gasteiger partial charge on any atom is 0.276 e. The van der Waals surface area contributed by atoms with Gasteiger partial charge in [0, 0.05) is 23.8 Å². The first-order chi connectivity index (χ1) is 13.0. The van der Waals surface area contributed by atoms with Crippen LogP contribution in [-0.4, -0.2) is 50.2 Å². The number of pyridine rings is 1. The van der Waals surface area contributed by atoms with Gasteiger partial charge in [-0.2, -0.15) is 0 Å². The fourth-order valence-electron chi connectivity index (χ4n) is 3.41. The molecule has 2 aliphatic heterocycles. The lowest BCUT2D eigenvalue weighted by Gasteiger charge is -2.44. The highest BCUT2D eigenvalue weighted by Crippen LogP contribution is 2.29. The Bertz CT molecular complexity index is 955. The summed E-state index contributed by atoms with van der Waals surface area (Å²) < 4.78 is 7.09. The molecule has 1 fully saturated rings. The highest BCUT2D eigenvalue weighted by Gasteiger charge is 2.40. The van der Waals surface area contributed by atoms with Crippen molar-refractivity contribution < 1.29 is 19.4 Å². The quantitative estimate of drug-likeness (QED) is 0.790. The topological polar surface area (TPSA) is 114 Å². The lowest BCUT2D eigenvalue weighted by Crippen LogP contribution is -2.57. The second-order valence-electron chi connectivity index (χ2n) is 6.51. The zero-order chi connectivity index (χ0) is 19.1. The second-order valence-corrected chi connectivity index (χ2v) is 7.48. The molecule has 2 aromatic heterocycles. The van der Waals surface area contributed by atoms with Crippen LogP contribution in [0.15, 0.2) is 22.6 Å². The average molecular weight is 390 g/mol. The van der Waals surface area contributed by atoms with E-state index in [0.717, 1.165) is 0 Å². The third-order valence-electron chi connectivity index (χ3n) is 4.81. The molecule has 10 heteroatoms. The molecule has 0 radical (unpaired) electrons. The molecule has 0 bridgehead atoms. The minimum Gasteiger partial charge on any atom is -0.503 e. The van der Waals surface area contributed by atoms with Gasteiger partial charge in [-0.3, -0.25) is 14.4 Å². The van der Waals surface area contributed by atoms with Gasteiger partial charge in [0.15, 0.2) is 17.7 Å². The van der Waals surface area contributed by atoms with Crippen LogP contribution in [0.4, 0.5) is 0 Å². The van der Waals surface area contributed by atoms with Crippen molar-refractivity contribution in [3.63, 3.8) is 0 Å². The molecule has 2 atom stereocenters. The van der Waals surface area contributed by atoms with E-state index in [4.69, 9.17) is 4.74 Å². The summed E-state index contributed by atoms with van der Waals surface area (Å²) in [5, 5.41) is 15.4. The smallest absolute Gasteiger partial charge is 0.276 e. The van der Waals surface area contributed by atoms with E-state index in [2.05, 4.69) is 10.3 Å². The Morgan fingerprint density at radius 2 is 2.30 bits per heavy atom. The molecule has 4 rings (SSSR count). The number of aromatic nitrogens is 2. The van der Waals surface area contributed by atoms with Gasteiger partial charge >= 0.3 is 0 Å². The van der Waals surface area contributed by atoms with Gasteiger partial charge in [-0.1, -0.05) is 0 Å². The van der Waals surface area contributed by atoms with E-state index in [-0.39, 0.29) is 30.4 Å². The summed E-state index contributed by atoms with van der Waals surface area (Å²) in [4.78, 5) is 43.3. The Morgan fingerprint density at radius 3 is 3.04 bits per heavy atom. The van der Waals surface area contributed by atoms with Gasteiger partial charge in [-0.05, 0) is 13.3 Å². The minimum absolute atomic E-state index is 0.0548. The number of ether oxygens (including phenoxy) is 1. The van der Waals surface area contributed by atoms with Crippen molar-refractivity contribution >= 4 is 23.2 Å². The van der Waals surface area contributed by atoms with Crippen LogP contribution >= 0.6 is 11.3 Å². The van der Waals surface area contributed by atoms with E-state index >= 15 is 0 Å². The fourth-order valence-corrected chi connectivity index (χ4v) is 3.97. The molecular weight excluding hydrogens is 372 g/mol. The number of aromatic hydroxyl groups is 1. The van der Waals surface area contributed by atoms with Gasteiger partial charge in [-0.25, -0.2) is 4.98 Å². The third-order valence-corrected chi connectivity index (χ3v) is 5.58. The lowest BCUT2D eigenvalue weighted by molar-refractivity contribution is -0.112. The summed E-state index contributed by atoms with van der Waals surface area (Å²) >= 11 is 1.38. The van der Waals surface area contributed by atoms with Crippen molar-refractivity contribution in [2.45, 2.75) is 38.7 Å². The van der Waals surface area contributed by atoms with Crippen LogP contribution in [0.3, 0.4) is 0 Å². The molecule has 27 heavy (non-hydrogen) atoms. The van der Waals surface area contributed by atoms with Crippen LogP contribution in [0.1, 0.15) is 39.2 Å². The van der Waals surface area contributed by atoms with Gasteiger partial charge in [0.05, 0.1) is 19.7 Å². The molecule has 2 N–H and O–H groups in total. The number of hydrogen-bond donors (Lipinski definition) is 2. The Morgan fingerprint density at radius 1 is 1.48 bits per heavy atom. The van der Waals surface area contributed by atoms with E-state index in [1.54, 1.807) is 16.5 Å². The minimum atomic E-state index is -0.865. The van der Waals surface area contributed by atoms with E-state index in [9.17, 15) is 19.5 Å². The number of amides is 2. The summed E-state index contributed by atoms with van der Waals surface area (Å²) in [6, 6.07) is -0.0548. The van der Waals surface area contributed by atoms with Crippen LogP contribution in [0.25, 0.3) is 0 Å². The van der Waals surface area contributed by atoms with Crippen LogP contribution in [0.2, 0.25) is 0 Å². The molecule has 2 aromatic rings. The van der Waals surface area contributed by atoms with Crippen molar-refractivity contribution in [3.05, 3.63) is 44.3 Å². The SMILES string of the molecule is C[C@@H]1CCO[C@H]2Cn3cc(C(=O)NCc4nccs4)c(=O)c(O)c3C(=O)N12. The van der Waals surface area contributed by atoms with Crippen molar-refractivity contribution in [1.29, 1.82) is 0 Å². The van der Waals surface area contributed by atoms with Gasteiger partial charge < -0.3 is 24.6 Å². The largest absolute Gasteiger partial charge is 0.503 e. The summed E-state index contributed by atoms with van der Waals surface area (Å²) in [5.74, 6) is -1.81. The second kappa shape index (κ2) is 6.78. The molecule has 4 heterocycles. The van der Waals surface area contributed by atoms with E-state index in [1.165, 1.54) is 22.1 Å². The van der Waals surface area contributed by atoms with E-state index in [1.807, 2.05) is 6.92 Å². The first-order valence-electron chi connectivity index (χ1n) is 8.54. The Kier molecular flexibility index (Phi) is 4.44. The Balaban J connectivity index is 1.67. The molecule has 0 aliphatic carbocycles. The van der Waals surface area contributed by atoms with E-state index < -0.39 is 29.2 Å². The standard InChI is InChI=1S/C17H18N4O5S/c1-9-2-4-26-12-8-20-7-10(16(24)19-6-11-18-3-5-27-11)14(22)15(23)13(20)17(25)21(9)12/h3,5,7,9,12,23H,2,4,6,8H2,1H3,(H,19,24)/t9-,12+/m1/s1. The predicted molar refractivity (Wildman–Crippen MR) is 95.6 cm³/mol. The summed E-state index contributed by atoms with van der Waals surface area (Å²) in [6.07, 6.45) is 3.13. The molecular formula is C17H18N4O5S. The molecule has 9 nitrogen and oxygen atoms in total. The van der Waals surface area contributed by atoms with Gasteiger partial charge in [-0.15, -0.1) is 11.3 Å². The molecule has 142 valence electrons. The molecule has 0 spiro atoms. The van der Waals surface area contributed by atoms with Gasteiger partial charge in [0.1, 0.15) is 10.6 Å². The normalized spacial score (nSPS) is 21.5. The zero-order valence-corrected chi connectivity index (χ0v) is 15.4. The number of hydrogen-bond acceptors (Lipinski definition) is 7. The van der Waals surface area contributed by atoms with Crippen LogP contribution in [-0.2, 0) is 17.8 Å². The number of rotatable bonds is 3. The van der Waals surface area contributed by atoms with Crippen molar-refractivity contribution in [2.75, 3.05) is 6.61 Å².